The third-order valence-corrected chi connectivity index (χ3v) is 13.4. The number of aliphatic hydroxyl groups is 2. The average molecular weight is 1080 g/mol. The fourth-order valence-corrected chi connectivity index (χ4v) is 8.74. The van der Waals surface area contributed by atoms with Crippen LogP contribution in [-0.2, 0) is 42.9 Å². The SMILES string of the molecule is CC/C=C\C/C=C\C/C=C\C/C=C\CCCCCCC(=O)OC1C(OCC(COC(=O)CCCCCCCCC/C=C\C/C=C\CCCCC)OC(=O)CCCCCCC/C=C\CCCCCC)OC(C(=O)O)C(O)C1O. The Kier molecular flexibility index (Phi) is 48.4. The number of rotatable bonds is 51. The maximum Gasteiger partial charge on any atom is 0.335 e. The molecule has 440 valence electrons. The lowest BCUT2D eigenvalue weighted by molar-refractivity contribution is -0.301. The summed E-state index contributed by atoms with van der Waals surface area (Å²) in [5, 5.41) is 31.5. The molecule has 6 atom stereocenters. The molecule has 0 radical (unpaired) electrons. The molecule has 0 aliphatic carbocycles. The highest BCUT2D eigenvalue weighted by Gasteiger charge is 2.50. The van der Waals surface area contributed by atoms with Crippen LogP contribution in [0.4, 0.5) is 0 Å². The predicted molar refractivity (Wildman–Crippen MR) is 312 cm³/mol. The second-order valence-corrected chi connectivity index (χ2v) is 20.6. The van der Waals surface area contributed by atoms with Crippen LogP contribution in [0, 0.1) is 0 Å². The summed E-state index contributed by atoms with van der Waals surface area (Å²) in [4.78, 5) is 51.2. The molecule has 0 amide bonds. The van der Waals surface area contributed by atoms with Gasteiger partial charge < -0.3 is 39.0 Å². The van der Waals surface area contributed by atoms with Crippen LogP contribution in [0.25, 0.3) is 0 Å². The Morgan fingerprint density at radius 1 is 0.442 bits per heavy atom. The normalized spacial score (nSPS) is 18.6. The van der Waals surface area contributed by atoms with E-state index in [1.165, 1.54) is 64.2 Å². The molecule has 1 aliphatic heterocycles. The number of carboxylic acids is 1. The lowest BCUT2D eigenvalue weighted by Gasteiger charge is -2.40. The smallest absolute Gasteiger partial charge is 0.335 e. The number of aliphatic hydroxyl groups excluding tert-OH is 2. The molecular formula is C65H108O12. The molecular weight excluding hydrogens is 973 g/mol. The van der Waals surface area contributed by atoms with Crippen LogP contribution in [-0.4, -0.2) is 89.2 Å². The largest absolute Gasteiger partial charge is 0.479 e. The van der Waals surface area contributed by atoms with Crippen LogP contribution >= 0.6 is 0 Å². The van der Waals surface area contributed by atoms with Crippen molar-refractivity contribution in [2.75, 3.05) is 13.2 Å². The van der Waals surface area contributed by atoms with Gasteiger partial charge in [-0.3, -0.25) is 14.4 Å². The highest BCUT2D eigenvalue weighted by molar-refractivity contribution is 5.74. The van der Waals surface area contributed by atoms with Gasteiger partial charge in [-0.25, -0.2) is 4.79 Å². The number of hydrogen-bond acceptors (Lipinski definition) is 11. The van der Waals surface area contributed by atoms with Gasteiger partial charge >= 0.3 is 23.9 Å². The van der Waals surface area contributed by atoms with E-state index in [0.717, 1.165) is 128 Å². The number of aliphatic carboxylic acids is 1. The summed E-state index contributed by atoms with van der Waals surface area (Å²) in [5.74, 6) is -3.17. The van der Waals surface area contributed by atoms with Crippen molar-refractivity contribution in [3.8, 4) is 0 Å². The van der Waals surface area contributed by atoms with Crippen molar-refractivity contribution in [3.63, 3.8) is 0 Å². The fourth-order valence-electron chi connectivity index (χ4n) is 8.74. The van der Waals surface area contributed by atoms with Crippen molar-refractivity contribution in [1.82, 2.24) is 0 Å². The zero-order chi connectivity index (χ0) is 56.1. The Balaban J connectivity index is 2.70. The first kappa shape index (κ1) is 70.9. The van der Waals surface area contributed by atoms with Crippen molar-refractivity contribution in [2.24, 2.45) is 0 Å². The van der Waals surface area contributed by atoms with Crippen LogP contribution in [0.3, 0.4) is 0 Å². The highest BCUT2D eigenvalue weighted by Crippen LogP contribution is 2.26. The fraction of sp³-hybridized carbons (Fsp3) is 0.723. The van der Waals surface area contributed by atoms with Crippen LogP contribution in [0.15, 0.2) is 85.1 Å². The van der Waals surface area contributed by atoms with Crippen LogP contribution in [0.1, 0.15) is 252 Å². The third-order valence-electron chi connectivity index (χ3n) is 13.4. The number of allylic oxidation sites excluding steroid dienone is 14. The molecule has 0 aromatic heterocycles. The molecule has 0 spiro atoms. The van der Waals surface area contributed by atoms with Crippen LogP contribution < -0.4 is 0 Å². The Labute approximate surface area is 467 Å². The highest BCUT2D eigenvalue weighted by atomic mass is 16.7. The standard InChI is InChI=1S/C65H108O12/c1-4-7-10-13-16-19-22-25-27-29-31-34-36-39-42-45-48-51-57(66)73-54-56(75-58(67)52-49-46-43-40-37-33-24-21-18-15-12-9-6-3)55-74-65-63(61(70)60(69)62(77-65)64(71)72)76-59(68)53-50-47-44-41-38-35-32-30-28-26-23-20-17-14-11-8-5-2/h8,11,16-17,19-21,24-28,32,35,56,60-63,65,69-70H,4-7,9-10,12-15,18,22-23,29-31,33-34,36-55H2,1-3H3,(H,71,72)/b11-8-,19-16-,20-17-,24-21-,27-25-,28-26-,35-32-. The van der Waals surface area contributed by atoms with Crippen LogP contribution in [0.2, 0.25) is 0 Å². The Bertz CT molecular complexity index is 1660. The van der Waals surface area contributed by atoms with E-state index in [1.807, 2.05) is 0 Å². The molecule has 0 bridgehead atoms. The van der Waals surface area contributed by atoms with Gasteiger partial charge in [0.05, 0.1) is 6.61 Å². The van der Waals surface area contributed by atoms with Gasteiger partial charge in [-0.1, -0.05) is 202 Å². The van der Waals surface area contributed by atoms with Gasteiger partial charge in [0, 0.05) is 19.3 Å². The molecule has 0 aromatic carbocycles. The van der Waals surface area contributed by atoms with E-state index in [2.05, 4.69) is 106 Å². The minimum absolute atomic E-state index is 0.0281. The zero-order valence-corrected chi connectivity index (χ0v) is 48.4. The summed E-state index contributed by atoms with van der Waals surface area (Å²) >= 11 is 0. The number of esters is 3. The summed E-state index contributed by atoms with van der Waals surface area (Å²) < 4.78 is 28.4. The Morgan fingerprint density at radius 3 is 1.29 bits per heavy atom. The summed E-state index contributed by atoms with van der Waals surface area (Å²) in [7, 11) is 0. The molecule has 1 saturated heterocycles. The summed E-state index contributed by atoms with van der Waals surface area (Å²) in [6.45, 7) is 5.82. The number of carboxylic acid groups (broad SMARTS) is 1. The van der Waals surface area contributed by atoms with E-state index in [9.17, 15) is 34.5 Å². The second kappa shape index (κ2) is 52.6. The quantitative estimate of drug-likeness (QED) is 0.0228. The molecule has 0 saturated carbocycles. The molecule has 6 unspecified atom stereocenters. The number of carbonyl (C=O) groups excluding carboxylic acids is 3. The minimum Gasteiger partial charge on any atom is -0.479 e. The van der Waals surface area contributed by atoms with Crippen molar-refractivity contribution < 1.29 is 58.2 Å². The summed E-state index contributed by atoms with van der Waals surface area (Å²) in [5.41, 5.74) is 0. The molecule has 3 N–H and O–H groups in total. The first-order valence-electron chi connectivity index (χ1n) is 30.6. The van der Waals surface area contributed by atoms with E-state index in [1.54, 1.807) is 0 Å². The van der Waals surface area contributed by atoms with E-state index in [-0.39, 0.29) is 25.9 Å². The van der Waals surface area contributed by atoms with E-state index in [4.69, 9.17) is 23.7 Å². The minimum atomic E-state index is -1.92. The lowest BCUT2D eigenvalue weighted by atomic mass is 9.98. The number of ether oxygens (including phenoxy) is 5. The molecule has 12 heteroatoms. The number of hydrogen-bond donors (Lipinski definition) is 3. The van der Waals surface area contributed by atoms with Gasteiger partial charge in [0.2, 0.25) is 0 Å². The molecule has 77 heavy (non-hydrogen) atoms. The molecule has 1 aliphatic rings. The maximum atomic E-state index is 13.1. The van der Waals surface area contributed by atoms with E-state index in [0.29, 0.717) is 19.3 Å². The second-order valence-electron chi connectivity index (χ2n) is 20.6. The topological polar surface area (TPSA) is 175 Å². The Hall–Kier alpha value is -4.10. The number of unbranched alkanes of at least 4 members (excludes halogenated alkanes) is 23. The van der Waals surface area contributed by atoms with Gasteiger partial charge in [0.15, 0.2) is 24.6 Å². The van der Waals surface area contributed by atoms with Gasteiger partial charge in [0.1, 0.15) is 18.8 Å². The number of carbonyl (C=O) groups is 4. The van der Waals surface area contributed by atoms with Crippen molar-refractivity contribution >= 4 is 23.9 Å². The van der Waals surface area contributed by atoms with Crippen molar-refractivity contribution in [1.29, 1.82) is 0 Å². The van der Waals surface area contributed by atoms with E-state index < -0.39 is 67.3 Å². The van der Waals surface area contributed by atoms with E-state index >= 15 is 0 Å². The van der Waals surface area contributed by atoms with Gasteiger partial charge in [-0.05, 0) is 116 Å². The van der Waals surface area contributed by atoms with Gasteiger partial charge in [-0.2, -0.15) is 0 Å². The van der Waals surface area contributed by atoms with Gasteiger partial charge in [-0.15, -0.1) is 0 Å². The molecule has 1 heterocycles. The molecule has 1 fully saturated rings. The Morgan fingerprint density at radius 2 is 0.818 bits per heavy atom. The molecule has 1 rings (SSSR count). The summed E-state index contributed by atoms with van der Waals surface area (Å²) in [6, 6.07) is 0. The third kappa shape index (κ3) is 42.5. The monoisotopic (exact) mass is 1080 g/mol. The van der Waals surface area contributed by atoms with Crippen LogP contribution in [0.5, 0.6) is 0 Å². The van der Waals surface area contributed by atoms with Crippen molar-refractivity contribution in [3.05, 3.63) is 85.1 Å². The zero-order valence-electron chi connectivity index (χ0n) is 48.4. The first-order valence-corrected chi connectivity index (χ1v) is 30.6. The summed E-state index contributed by atoms with van der Waals surface area (Å²) in [6.07, 6.45) is 55.4. The maximum absolute atomic E-state index is 13.1. The van der Waals surface area contributed by atoms with Crippen molar-refractivity contribution in [2.45, 2.75) is 289 Å². The van der Waals surface area contributed by atoms with Gasteiger partial charge in [0.25, 0.3) is 0 Å². The predicted octanol–water partition coefficient (Wildman–Crippen LogP) is 15.9. The molecule has 12 nitrogen and oxygen atoms in total. The first-order chi connectivity index (χ1) is 37.6. The lowest BCUT2D eigenvalue weighted by Crippen LogP contribution is -2.61. The molecule has 0 aromatic rings. The average Bonchev–Trinajstić information content (AvgIpc) is 3.42.